The van der Waals surface area contributed by atoms with E-state index < -0.39 is 0 Å². The molecule has 3 nitrogen and oxygen atoms in total. The zero-order valence-electron chi connectivity index (χ0n) is 11.6. The molecule has 2 atom stereocenters. The van der Waals surface area contributed by atoms with Gasteiger partial charge in [-0.1, -0.05) is 37.3 Å². The van der Waals surface area contributed by atoms with Crippen LogP contribution in [-0.4, -0.2) is 29.2 Å². The quantitative estimate of drug-likeness (QED) is 0.814. The van der Waals surface area contributed by atoms with Crippen LogP contribution < -0.4 is 0 Å². The number of benzene rings is 1. The van der Waals surface area contributed by atoms with Crippen molar-refractivity contribution in [3.63, 3.8) is 0 Å². The predicted molar refractivity (Wildman–Crippen MR) is 74.7 cm³/mol. The minimum Gasteiger partial charge on any atom is -0.332 e. The Morgan fingerprint density at radius 1 is 1.37 bits per heavy atom. The lowest BCUT2D eigenvalue weighted by molar-refractivity contribution is -0.135. The molecule has 0 spiro atoms. The molecule has 1 aliphatic rings. The Hall–Kier alpha value is -1.64. The highest BCUT2D eigenvalue weighted by atomic mass is 16.2. The monoisotopic (exact) mass is 259 g/mol. The van der Waals surface area contributed by atoms with Crippen LogP contribution in [0.25, 0.3) is 0 Å². The summed E-state index contributed by atoms with van der Waals surface area (Å²) in [6, 6.07) is 10.00. The van der Waals surface area contributed by atoms with Crippen LogP contribution in [0.5, 0.6) is 0 Å². The van der Waals surface area contributed by atoms with Gasteiger partial charge in [0, 0.05) is 13.0 Å². The first-order chi connectivity index (χ1) is 9.11. The van der Waals surface area contributed by atoms with E-state index in [4.69, 9.17) is 0 Å². The second kappa shape index (κ2) is 6.00. The molecule has 0 radical (unpaired) electrons. The summed E-state index contributed by atoms with van der Waals surface area (Å²) in [4.78, 5) is 25.4. The molecule has 0 N–H and O–H groups in total. The molecule has 1 aromatic rings. The van der Waals surface area contributed by atoms with Gasteiger partial charge in [-0.15, -0.1) is 0 Å². The molecule has 1 aliphatic heterocycles. The Morgan fingerprint density at radius 3 is 2.63 bits per heavy atom. The third-order valence-electron chi connectivity index (χ3n) is 3.84. The molecule has 0 bridgehead atoms. The molecule has 2 unspecified atom stereocenters. The first kappa shape index (κ1) is 13.8. The lowest BCUT2D eigenvalue weighted by Gasteiger charge is -2.25. The summed E-state index contributed by atoms with van der Waals surface area (Å²) in [5.41, 5.74) is 1.26. The number of carbonyl (C=O) groups excluding carboxylic acids is 2. The van der Waals surface area contributed by atoms with Crippen LogP contribution in [0.2, 0.25) is 0 Å². The van der Waals surface area contributed by atoms with E-state index in [9.17, 15) is 9.59 Å². The van der Waals surface area contributed by atoms with Gasteiger partial charge < -0.3 is 4.90 Å². The number of rotatable bonds is 5. The Morgan fingerprint density at radius 2 is 2.05 bits per heavy atom. The van der Waals surface area contributed by atoms with Gasteiger partial charge in [-0.05, 0) is 31.2 Å². The number of ketones is 1. The molecule has 1 aromatic carbocycles. The second-order valence-corrected chi connectivity index (χ2v) is 5.34. The zero-order valence-corrected chi connectivity index (χ0v) is 11.6. The number of nitrogens with zero attached hydrogens (tertiary/aromatic N) is 1. The molecule has 0 aliphatic carbocycles. The van der Waals surface area contributed by atoms with Gasteiger partial charge in [0.15, 0.2) is 5.78 Å². The maximum atomic E-state index is 12.1. The van der Waals surface area contributed by atoms with Crippen molar-refractivity contribution in [2.75, 3.05) is 6.54 Å². The van der Waals surface area contributed by atoms with Gasteiger partial charge in [-0.25, -0.2) is 0 Å². The average Bonchev–Trinajstić information content (AvgIpc) is 2.72. The van der Waals surface area contributed by atoms with Gasteiger partial charge in [-0.3, -0.25) is 9.59 Å². The molecule has 1 fully saturated rings. The SMILES string of the molecule is CCC(C(C)=O)N1CC(Cc2ccccc2)CC1=O. The van der Waals surface area contributed by atoms with Crippen molar-refractivity contribution in [3.8, 4) is 0 Å². The molecular formula is C16H21NO2. The maximum Gasteiger partial charge on any atom is 0.223 e. The Balaban J connectivity index is 2.01. The number of carbonyl (C=O) groups is 2. The molecule has 1 amide bonds. The van der Waals surface area contributed by atoms with E-state index in [1.54, 1.807) is 11.8 Å². The third-order valence-corrected chi connectivity index (χ3v) is 3.84. The van der Waals surface area contributed by atoms with E-state index in [-0.39, 0.29) is 17.7 Å². The van der Waals surface area contributed by atoms with Crippen molar-refractivity contribution < 1.29 is 9.59 Å². The van der Waals surface area contributed by atoms with Gasteiger partial charge in [0.05, 0.1) is 6.04 Å². The van der Waals surface area contributed by atoms with Crippen LogP contribution in [-0.2, 0) is 16.0 Å². The molecule has 1 saturated heterocycles. The van der Waals surface area contributed by atoms with Gasteiger partial charge >= 0.3 is 0 Å². The van der Waals surface area contributed by atoms with Crippen molar-refractivity contribution in [3.05, 3.63) is 35.9 Å². The van der Waals surface area contributed by atoms with Gasteiger partial charge in [0.2, 0.25) is 5.91 Å². The summed E-state index contributed by atoms with van der Waals surface area (Å²) >= 11 is 0. The van der Waals surface area contributed by atoms with Gasteiger partial charge in [-0.2, -0.15) is 0 Å². The van der Waals surface area contributed by atoms with Crippen LogP contribution in [0.1, 0.15) is 32.3 Å². The van der Waals surface area contributed by atoms with E-state index in [2.05, 4.69) is 12.1 Å². The molecule has 1 heterocycles. The molecule has 3 heteroatoms. The summed E-state index contributed by atoms with van der Waals surface area (Å²) in [7, 11) is 0. The average molecular weight is 259 g/mol. The standard InChI is InChI=1S/C16H21NO2/c1-3-15(12(2)18)17-11-14(10-16(17)19)9-13-7-5-4-6-8-13/h4-8,14-15H,3,9-11H2,1-2H3. The molecule has 0 saturated carbocycles. The highest BCUT2D eigenvalue weighted by Crippen LogP contribution is 2.25. The Bertz CT molecular complexity index is 455. The van der Waals surface area contributed by atoms with E-state index >= 15 is 0 Å². The van der Waals surface area contributed by atoms with E-state index in [0.717, 1.165) is 6.42 Å². The van der Waals surface area contributed by atoms with Crippen molar-refractivity contribution in [2.24, 2.45) is 5.92 Å². The van der Waals surface area contributed by atoms with Crippen molar-refractivity contribution in [1.29, 1.82) is 0 Å². The number of hydrogen-bond acceptors (Lipinski definition) is 2. The lowest BCUT2D eigenvalue weighted by Crippen LogP contribution is -2.40. The van der Waals surface area contributed by atoms with E-state index in [0.29, 0.717) is 25.3 Å². The number of likely N-dealkylation sites (tertiary alicyclic amines) is 1. The number of hydrogen-bond donors (Lipinski definition) is 0. The number of Topliss-reactive ketones (excluding diaryl/α,β-unsaturated/α-hetero) is 1. The Kier molecular flexibility index (Phi) is 4.35. The first-order valence-electron chi connectivity index (χ1n) is 6.95. The summed E-state index contributed by atoms with van der Waals surface area (Å²) in [5, 5.41) is 0. The van der Waals surface area contributed by atoms with Crippen molar-refractivity contribution >= 4 is 11.7 Å². The number of amides is 1. The Labute approximate surface area is 114 Å². The minimum absolute atomic E-state index is 0.0937. The fraction of sp³-hybridized carbons (Fsp3) is 0.500. The van der Waals surface area contributed by atoms with Crippen LogP contribution >= 0.6 is 0 Å². The van der Waals surface area contributed by atoms with Crippen LogP contribution in [0.3, 0.4) is 0 Å². The van der Waals surface area contributed by atoms with Gasteiger partial charge in [0.1, 0.15) is 0 Å². The van der Waals surface area contributed by atoms with E-state index in [1.807, 2.05) is 25.1 Å². The minimum atomic E-state index is -0.228. The summed E-state index contributed by atoms with van der Waals surface area (Å²) < 4.78 is 0. The fourth-order valence-corrected chi connectivity index (χ4v) is 2.92. The molecule has 0 aromatic heterocycles. The third kappa shape index (κ3) is 3.22. The van der Waals surface area contributed by atoms with Crippen LogP contribution in [0, 0.1) is 5.92 Å². The molecule has 19 heavy (non-hydrogen) atoms. The van der Waals surface area contributed by atoms with Crippen LogP contribution in [0.4, 0.5) is 0 Å². The lowest BCUT2D eigenvalue weighted by atomic mass is 9.98. The zero-order chi connectivity index (χ0) is 13.8. The molecule has 102 valence electrons. The first-order valence-corrected chi connectivity index (χ1v) is 6.95. The maximum absolute atomic E-state index is 12.1. The van der Waals surface area contributed by atoms with E-state index in [1.165, 1.54) is 5.56 Å². The highest BCUT2D eigenvalue weighted by Gasteiger charge is 2.35. The highest BCUT2D eigenvalue weighted by molar-refractivity contribution is 5.88. The van der Waals surface area contributed by atoms with Crippen molar-refractivity contribution in [1.82, 2.24) is 4.90 Å². The summed E-state index contributed by atoms with van der Waals surface area (Å²) in [6.07, 6.45) is 2.19. The predicted octanol–water partition coefficient (Wildman–Crippen LogP) is 2.45. The smallest absolute Gasteiger partial charge is 0.223 e. The van der Waals surface area contributed by atoms with Gasteiger partial charge in [0.25, 0.3) is 0 Å². The molecule has 2 rings (SSSR count). The topological polar surface area (TPSA) is 37.4 Å². The van der Waals surface area contributed by atoms with Crippen LogP contribution in [0.15, 0.2) is 30.3 Å². The largest absolute Gasteiger partial charge is 0.332 e. The second-order valence-electron chi connectivity index (χ2n) is 5.34. The fourth-order valence-electron chi connectivity index (χ4n) is 2.92. The van der Waals surface area contributed by atoms with Crippen molar-refractivity contribution in [2.45, 2.75) is 39.2 Å². The molecular weight excluding hydrogens is 238 g/mol. The normalized spacial score (nSPS) is 20.6. The summed E-state index contributed by atoms with van der Waals surface area (Å²) in [5.74, 6) is 0.558. The summed E-state index contributed by atoms with van der Waals surface area (Å²) in [6.45, 7) is 4.25.